The molecule has 6 heteroatoms. The molecule has 6 nitrogen and oxygen atoms in total. The normalized spacial score (nSPS) is 15.7. The van der Waals surface area contributed by atoms with E-state index in [-0.39, 0.29) is 17.6 Å². The fourth-order valence-corrected chi connectivity index (χ4v) is 2.92. The molecule has 25 heavy (non-hydrogen) atoms. The smallest absolute Gasteiger partial charge is 0.228 e. The van der Waals surface area contributed by atoms with E-state index in [1.807, 2.05) is 12.1 Å². The van der Waals surface area contributed by atoms with Crippen molar-refractivity contribution >= 4 is 11.7 Å². The highest BCUT2D eigenvalue weighted by Crippen LogP contribution is 2.19. The molecular formula is C19H23N3O3. The van der Waals surface area contributed by atoms with Gasteiger partial charge in [0.2, 0.25) is 5.91 Å². The zero-order valence-corrected chi connectivity index (χ0v) is 14.1. The molecule has 0 bridgehead atoms. The lowest BCUT2D eigenvalue weighted by Gasteiger charge is -2.31. The Balaban J connectivity index is 1.37. The van der Waals surface area contributed by atoms with Gasteiger partial charge in [-0.25, -0.2) is 4.98 Å². The number of phenolic OH excluding ortho intramolecular Hbond substituents is 1. The number of hydrogen-bond acceptors (Lipinski definition) is 5. The number of nitrogens with zero attached hydrogens (tertiary/aromatic N) is 2. The number of piperidine rings is 1. The average molecular weight is 341 g/mol. The van der Waals surface area contributed by atoms with Gasteiger partial charge in [-0.15, -0.1) is 0 Å². The van der Waals surface area contributed by atoms with Gasteiger partial charge in [0.1, 0.15) is 23.9 Å². The van der Waals surface area contributed by atoms with Crippen LogP contribution in [0.3, 0.4) is 0 Å². The van der Waals surface area contributed by atoms with Gasteiger partial charge >= 0.3 is 0 Å². The minimum absolute atomic E-state index is 0.0382. The van der Waals surface area contributed by atoms with Crippen molar-refractivity contribution in [1.82, 2.24) is 9.88 Å². The topological polar surface area (TPSA) is 74.7 Å². The number of hydrogen-bond donors (Lipinski definition) is 2. The molecule has 0 atom stereocenters. The fourth-order valence-electron chi connectivity index (χ4n) is 2.92. The number of pyridine rings is 1. The van der Waals surface area contributed by atoms with E-state index < -0.39 is 0 Å². The number of phenols is 1. The first-order chi connectivity index (χ1) is 12.2. The zero-order valence-electron chi connectivity index (χ0n) is 14.1. The minimum Gasteiger partial charge on any atom is -0.508 e. The maximum Gasteiger partial charge on any atom is 0.228 e. The molecule has 2 aromatic rings. The first kappa shape index (κ1) is 17.2. The molecule has 0 unspecified atom stereocenters. The van der Waals surface area contributed by atoms with Crippen molar-refractivity contribution in [2.75, 3.05) is 31.6 Å². The predicted octanol–water partition coefficient (Wildman–Crippen LogP) is 2.52. The number of aromatic hydroxyl groups is 1. The summed E-state index contributed by atoms with van der Waals surface area (Å²) in [6.45, 7) is 3.20. The van der Waals surface area contributed by atoms with Crippen LogP contribution < -0.4 is 10.1 Å². The highest BCUT2D eigenvalue weighted by atomic mass is 16.5. The Morgan fingerprint density at radius 2 is 1.96 bits per heavy atom. The molecule has 1 fully saturated rings. The van der Waals surface area contributed by atoms with Crippen LogP contribution in [0.4, 0.5) is 5.82 Å². The molecule has 1 saturated heterocycles. The van der Waals surface area contributed by atoms with Crippen LogP contribution in [0.1, 0.15) is 12.8 Å². The Hall–Kier alpha value is -2.60. The number of likely N-dealkylation sites (tertiary alicyclic amines) is 1. The number of amides is 1. The molecule has 2 heterocycles. The van der Waals surface area contributed by atoms with Crippen molar-refractivity contribution in [3.05, 3.63) is 48.7 Å². The SMILES string of the molecule is O=C(Nc1ccccn1)C1CCN(CCOc2ccc(O)cc2)CC1. The average Bonchev–Trinajstić information content (AvgIpc) is 2.65. The maximum absolute atomic E-state index is 12.3. The summed E-state index contributed by atoms with van der Waals surface area (Å²) in [4.78, 5) is 18.7. The van der Waals surface area contributed by atoms with Crippen LogP contribution in [-0.2, 0) is 4.79 Å². The molecular weight excluding hydrogens is 318 g/mol. The Morgan fingerprint density at radius 3 is 2.64 bits per heavy atom. The van der Waals surface area contributed by atoms with Crippen LogP contribution in [-0.4, -0.2) is 47.1 Å². The second-order valence-corrected chi connectivity index (χ2v) is 6.16. The fraction of sp³-hybridized carbons (Fsp3) is 0.368. The van der Waals surface area contributed by atoms with Crippen LogP contribution in [0.2, 0.25) is 0 Å². The van der Waals surface area contributed by atoms with Crippen molar-refractivity contribution in [2.24, 2.45) is 5.92 Å². The van der Waals surface area contributed by atoms with Crippen LogP contribution >= 0.6 is 0 Å². The van der Waals surface area contributed by atoms with Crippen molar-refractivity contribution in [2.45, 2.75) is 12.8 Å². The van der Waals surface area contributed by atoms with Crippen LogP contribution in [0.5, 0.6) is 11.5 Å². The number of ether oxygens (including phenoxy) is 1. The largest absolute Gasteiger partial charge is 0.508 e. The third-order valence-corrected chi connectivity index (χ3v) is 4.39. The third-order valence-electron chi connectivity index (χ3n) is 4.39. The number of rotatable bonds is 6. The summed E-state index contributed by atoms with van der Waals surface area (Å²) < 4.78 is 5.68. The number of aromatic nitrogens is 1. The molecule has 1 aliphatic heterocycles. The Labute approximate surface area is 147 Å². The molecule has 2 N–H and O–H groups in total. The Kier molecular flexibility index (Phi) is 5.85. The first-order valence-electron chi connectivity index (χ1n) is 8.57. The summed E-state index contributed by atoms with van der Waals surface area (Å²) in [5.41, 5.74) is 0. The van der Waals surface area contributed by atoms with E-state index in [0.717, 1.165) is 38.2 Å². The first-order valence-corrected chi connectivity index (χ1v) is 8.57. The predicted molar refractivity (Wildman–Crippen MR) is 95.6 cm³/mol. The third kappa shape index (κ3) is 5.19. The highest BCUT2D eigenvalue weighted by molar-refractivity contribution is 5.91. The number of benzene rings is 1. The van der Waals surface area contributed by atoms with Crippen molar-refractivity contribution in [1.29, 1.82) is 0 Å². The molecule has 0 saturated carbocycles. The standard InChI is InChI=1S/C19H23N3O3/c23-16-4-6-17(7-5-16)25-14-13-22-11-8-15(9-12-22)19(24)21-18-3-1-2-10-20-18/h1-7,10,15,23H,8-9,11-14H2,(H,20,21,24). The van der Waals surface area contributed by atoms with Gasteiger partial charge in [-0.1, -0.05) is 6.07 Å². The van der Waals surface area contributed by atoms with Crippen molar-refractivity contribution in [3.63, 3.8) is 0 Å². The van der Waals surface area contributed by atoms with Crippen molar-refractivity contribution < 1.29 is 14.6 Å². The van der Waals surface area contributed by atoms with Gasteiger partial charge in [0.05, 0.1) is 0 Å². The van der Waals surface area contributed by atoms with Gasteiger partial charge in [0.15, 0.2) is 0 Å². The number of nitrogens with one attached hydrogen (secondary N) is 1. The van der Waals surface area contributed by atoms with E-state index in [4.69, 9.17) is 4.74 Å². The molecule has 132 valence electrons. The summed E-state index contributed by atoms with van der Waals surface area (Å²) in [5.74, 6) is 1.69. The van der Waals surface area contributed by atoms with Gasteiger partial charge in [-0.2, -0.15) is 0 Å². The lowest BCUT2D eigenvalue weighted by molar-refractivity contribution is -0.121. The van der Waals surface area contributed by atoms with E-state index in [2.05, 4.69) is 15.2 Å². The summed E-state index contributed by atoms with van der Waals surface area (Å²) in [5, 5.41) is 12.1. The molecule has 0 radical (unpaired) electrons. The molecule has 1 aliphatic rings. The van der Waals surface area contributed by atoms with Crippen LogP contribution in [0.25, 0.3) is 0 Å². The second kappa shape index (κ2) is 8.48. The zero-order chi connectivity index (χ0) is 17.5. The van der Waals surface area contributed by atoms with Gasteiger partial charge in [0, 0.05) is 18.7 Å². The van der Waals surface area contributed by atoms with Crippen LogP contribution in [0.15, 0.2) is 48.7 Å². The van der Waals surface area contributed by atoms with E-state index in [1.165, 1.54) is 0 Å². The summed E-state index contributed by atoms with van der Waals surface area (Å²) >= 11 is 0. The minimum atomic E-state index is 0.0382. The number of carbonyl (C=O) groups is 1. The Bertz CT molecular complexity index is 668. The molecule has 1 amide bonds. The number of carbonyl (C=O) groups excluding carboxylic acids is 1. The Morgan fingerprint density at radius 1 is 1.20 bits per heavy atom. The molecule has 1 aromatic heterocycles. The van der Waals surface area contributed by atoms with E-state index >= 15 is 0 Å². The molecule has 0 spiro atoms. The van der Waals surface area contributed by atoms with Gasteiger partial charge in [-0.3, -0.25) is 9.69 Å². The summed E-state index contributed by atoms with van der Waals surface area (Å²) in [6, 6.07) is 12.2. The quantitative estimate of drug-likeness (QED) is 0.844. The lowest BCUT2D eigenvalue weighted by Crippen LogP contribution is -2.40. The molecule has 3 rings (SSSR count). The molecule has 1 aromatic carbocycles. The monoisotopic (exact) mass is 341 g/mol. The number of anilines is 1. The second-order valence-electron chi connectivity index (χ2n) is 6.16. The highest BCUT2D eigenvalue weighted by Gasteiger charge is 2.25. The summed E-state index contributed by atoms with van der Waals surface area (Å²) in [6.07, 6.45) is 3.36. The van der Waals surface area contributed by atoms with Gasteiger partial charge < -0.3 is 15.2 Å². The van der Waals surface area contributed by atoms with Crippen LogP contribution in [0, 0.1) is 5.92 Å². The van der Waals surface area contributed by atoms with E-state index in [0.29, 0.717) is 12.4 Å². The van der Waals surface area contributed by atoms with Gasteiger partial charge in [-0.05, 0) is 62.3 Å². The maximum atomic E-state index is 12.3. The van der Waals surface area contributed by atoms with Gasteiger partial charge in [0.25, 0.3) is 0 Å². The molecule has 0 aliphatic carbocycles. The van der Waals surface area contributed by atoms with E-state index in [1.54, 1.807) is 36.5 Å². The summed E-state index contributed by atoms with van der Waals surface area (Å²) in [7, 11) is 0. The lowest BCUT2D eigenvalue weighted by atomic mass is 9.96. The van der Waals surface area contributed by atoms with Crippen molar-refractivity contribution in [3.8, 4) is 11.5 Å². The van der Waals surface area contributed by atoms with E-state index in [9.17, 15) is 9.90 Å².